The Hall–Kier alpha value is -1.22. The van der Waals surface area contributed by atoms with Gasteiger partial charge in [0.15, 0.2) is 11.5 Å². The van der Waals surface area contributed by atoms with Crippen molar-refractivity contribution >= 4 is 0 Å². The van der Waals surface area contributed by atoms with E-state index in [-0.39, 0.29) is 0 Å². The van der Waals surface area contributed by atoms with Crippen molar-refractivity contribution < 1.29 is 9.47 Å². The molecule has 0 aliphatic carbocycles. The maximum Gasteiger partial charge on any atom is 0.165 e. The number of methoxy groups -OCH3 is 2. The minimum Gasteiger partial charge on any atom is -0.493 e. The van der Waals surface area contributed by atoms with Crippen LogP contribution >= 0.6 is 0 Å². The quantitative estimate of drug-likeness (QED) is 0.790. The zero-order valence-electron chi connectivity index (χ0n) is 11.2. The number of benzene rings is 1. The zero-order chi connectivity index (χ0) is 12.7. The summed E-state index contributed by atoms with van der Waals surface area (Å²) >= 11 is 0. The van der Waals surface area contributed by atoms with Crippen molar-refractivity contribution in [2.75, 3.05) is 20.8 Å². The Bertz CT molecular complexity index is 339. The van der Waals surface area contributed by atoms with Gasteiger partial charge in [0, 0.05) is 11.6 Å². The molecule has 0 aliphatic rings. The number of para-hydroxylation sites is 1. The molecule has 1 aromatic rings. The van der Waals surface area contributed by atoms with Gasteiger partial charge in [-0.05, 0) is 25.5 Å². The number of hydrogen-bond donors (Lipinski definition) is 1. The summed E-state index contributed by atoms with van der Waals surface area (Å²) in [5.41, 5.74) is 1.17. The second kappa shape index (κ2) is 7.17. The molecule has 0 heterocycles. The van der Waals surface area contributed by atoms with Gasteiger partial charge in [-0.1, -0.05) is 26.0 Å². The predicted molar refractivity (Wildman–Crippen MR) is 70.9 cm³/mol. The lowest BCUT2D eigenvalue weighted by molar-refractivity contribution is 0.345. The summed E-state index contributed by atoms with van der Waals surface area (Å²) in [4.78, 5) is 0. The van der Waals surface area contributed by atoms with E-state index in [9.17, 15) is 0 Å². The standard InChI is InChI=1S/C14H23NO2/c1-5-10-15-12(6-2)11-8-7-9-13(16-3)14(11)17-4/h7-9,12,15H,5-6,10H2,1-4H3/t12-/m1/s1. The van der Waals surface area contributed by atoms with Gasteiger partial charge in [-0.25, -0.2) is 0 Å². The van der Waals surface area contributed by atoms with E-state index in [0.29, 0.717) is 6.04 Å². The fourth-order valence-electron chi connectivity index (χ4n) is 1.98. The van der Waals surface area contributed by atoms with Gasteiger partial charge in [0.1, 0.15) is 0 Å². The van der Waals surface area contributed by atoms with Gasteiger partial charge >= 0.3 is 0 Å². The van der Waals surface area contributed by atoms with Crippen LogP contribution in [0.15, 0.2) is 18.2 Å². The van der Waals surface area contributed by atoms with Crippen molar-refractivity contribution in [1.29, 1.82) is 0 Å². The van der Waals surface area contributed by atoms with Crippen molar-refractivity contribution in [3.05, 3.63) is 23.8 Å². The highest BCUT2D eigenvalue weighted by molar-refractivity contribution is 5.48. The molecule has 0 bridgehead atoms. The summed E-state index contributed by atoms with van der Waals surface area (Å²) in [6, 6.07) is 6.35. The Morgan fingerprint density at radius 2 is 1.94 bits per heavy atom. The summed E-state index contributed by atoms with van der Waals surface area (Å²) in [5.74, 6) is 1.63. The number of hydrogen-bond acceptors (Lipinski definition) is 3. The molecular formula is C14H23NO2. The van der Waals surface area contributed by atoms with Crippen molar-refractivity contribution in [1.82, 2.24) is 5.32 Å². The normalized spacial score (nSPS) is 12.2. The average molecular weight is 237 g/mol. The molecule has 1 rings (SSSR count). The van der Waals surface area contributed by atoms with Gasteiger partial charge in [0.05, 0.1) is 14.2 Å². The Labute approximate surface area is 104 Å². The SMILES string of the molecule is CCCN[C@H](CC)c1cccc(OC)c1OC. The molecule has 0 fully saturated rings. The Balaban J connectivity index is 3.00. The van der Waals surface area contributed by atoms with Crippen LogP contribution in [0.5, 0.6) is 11.5 Å². The first-order valence-electron chi connectivity index (χ1n) is 6.22. The monoisotopic (exact) mass is 237 g/mol. The van der Waals surface area contributed by atoms with Gasteiger partial charge in [-0.15, -0.1) is 0 Å². The Morgan fingerprint density at radius 1 is 1.18 bits per heavy atom. The molecule has 1 atom stereocenters. The summed E-state index contributed by atoms with van der Waals surface area (Å²) in [6.45, 7) is 5.35. The van der Waals surface area contributed by atoms with E-state index in [0.717, 1.165) is 30.9 Å². The molecule has 17 heavy (non-hydrogen) atoms. The van der Waals surface area contributed by atoms with E-state index >= 15 is 0 Å². The molecule has 0 radical (unpaired) electrons. The smallest absolute Gasteiger partial charge is 0.165 e. The van der Waals surface area contributed by atoms with Crippen molar-refractivity contribution in [2.24, 2.45) is 0 Å². The fraction of sp³-hybridized carbons (Fsp3) is 0.571. The number of rotatable bonds is 7. The predicted octanol–water partition coefficient (Wildman–Crippen LogP) is 3.15. The number of ether oxygens (including phenoxy) is 2. The maximum atomic E-state index is 5.47. The van der Waals surface area contributed by atoms with Crippen molar-refractivity contribution in [2.45, 2.75) is 32.7 Å². The second-order valence-electron chi connectivity index (χ2n) is 4.00. The first-order chi connectivity index (χ1) is 8.28. The van der Waals surface area contributed by atoms with Gasteiger partial charge in [-0.3, -0.25) is 0 Å². The largest absolute Gasteiger partial charge is 0.493 e. The topological polar surface area (TPSA) is 30.5 Å². The molecule has 0 unspecified atom stereocenters. The maximum absolute atomic E-state index is 5.47. The molecule has 96 valence electrons. The molecule has 3 nitrogen and oxygen atoms in total. The number of nitrogens with one attached hydrogen (secondary N) is 1. The van der Waals surface area contributed by atoms with Crippen molar-refractivity contribution in [3.8, 4) is 11.5 Å². The zero-order valence-corrected chi connectivity index (χ0v) is 11.2. The van der Waals surface area contributed by atoms with Crippen LogP contribution in [-0.2, 0) is 0 Å². The van der Waals surface area contributed by atoms with Crippen LogP contribution in [-0.4, -0.2) is 20.8 Å². The molecular weight excluding hydrogens is 214 g/mol. The summed E-state index contributed by atoms with van der Waals surface area (Å²) in [5, 5.41) is 3.53. The van der Waals surface area contributed by atoms with Gasteiger partial charge in [-0.2, -0.15) is 0 Å². The van der Waals surface area contributed by atoms with Crippen LogP contribution in [0, 0.1) is 0 Å². The molecule has 1 N–H and O–H groups in total. The average Bonchev–Trinajstić information content (AvgIpc) is 2.39. The Kier molecular flexibility index (Phi) is 5.84. The minimum atomic E-state index is 0.319. The van der Waals surface area contributed by atoms with Gasteiger partial charge in [0.2, 0.25) is 0 Å². The lowest BCUT2D eigenvalue weighted by atomic mass is 10.0. The summed E-state index contributed by atoms with van der Waals surface area (Å²) < 4.78 is 10.8. The molecule has 1 aromatic carbocycles. The molecule has 0 aromatic heterocycles. The molecule has 0 aliphatic heterocycles. The first-order valence-corrected chi connectivity index (χ1v) is 6.22. The van der Waals surface area contributed by atoms with Gasteiger partial charge in [0.25, 0.3) is 0 Å². The van der Waals surface area contributed by atoms with Crippen molar-refractivity contribution in [3.63, 3.8) is 0 Å². The van der Waals surface area contributed by atoms with Gasteiger partial charge < -0.3 is 14.8 Å². The lowest BCUT2D eigenvalue weighted by Crippen LogP contribution is -2.22. The minimum absolute atomic E-state index is 0.319. The van der Waals surface area contributed by atoms with E-state index in [1.54, 1.807) is 14.2 Å². The van der Waals surface area contributed by atoms with Crippen LogP contribution < -0.4 is 14.8 Å². The van der Waals surface area contributed by atoms with E-state index in [1.807, 2.05) is 12.1 Å². The third-order valence-electron chi connectivity index (χ3n) is 2.86. The lowest BCUT2D eigenvalue weighted by Gasteiger charge is -2.21. The Morgan fingerprint density at radius 3 is 2.47 bits per heavy atom. The highest BCUT2D eigenvalue weighted by Gasteiger charge is 2.16. The second-order valence-corrected chi connectivity index (χ2v) is 4.00. The van der Waals surface area contributed by atoms with Crippen LogP contribution in [0.3, 0.4) is 0 Å². The third kappa shape index (κ3) is 3.37. The van der Waals surface area contributed by atoms with E-state index in [4.69, 9.17) is 9.47 Å². The molecule has 0 saturated heterocycles. The van der Waals surface area contributed by atoms with Crippen LogP contribution in [0.1, 0.15) is 38.3 Å². The fourth-order valence-corrected chi connectivity index (χ4v) is 1.98. The van der Waals surface area contributed by atoms with Crippen LogP contribution in [0.4, 0.5) is 0 Å². The van der Waals surface area contributed by atoms with E-state index in [1.165, 1.54) is 5.56 Å². The van der Waals surface area contributed by atoms with E-state index < -0.39 is 0 Å². The van der Waals surface area contributed by atoms with E-state index in [2.05, 4.69) is 25.2 Å². The summed E-state index contributed by atoms with van der Waals surface area (Å²) in [7, 11) is 3.36. The summed E-state index contributed by atoms with van der Waals surface area (Å²) in [6.07, 6.45) is 2.16. The highest BCUT2D eigenvalue weighted by atomic mass is 16.5. The molecule has 0 amide bonds. The molecule has 3 heteroatoms. The highest BCUT2D eigenvalue weighted by Crippen LogP contribution is 2.35. The molecule has 0 spiro atoms. The van der Waals surface area contributed by atoms with Crippen LogP contribution in [0.2, 0.25) is 0 Å². The molecule has 0 saturated carbocycles. The third-order valence-corrected chi connectivity index (χ3v) is 2.86. The first kappa shape index (κ1) is 13.8. The van der Waals surface area contributed by atoms with Crippen LogP contribution in [0.25, 0.3) is 0 Å².